The molecule has 2 aromatic carbocycles. The van der Waals surface area contributed by atoms with Crippen molar-refractivity contribution in [2.45, 2.75) is 0 Å². The first kappa shape index (κ1) is 19.5. The van der Waals surface area contributed by atoms with Gasteiger partial charge in [-0.3, -0.25) is 25.0 Å². The Bertz CT molecular complexity index is 1030. The van der Waals surface area contributed by atoms with Crippen molar-refractivity contribution in [3.05, 3.63) is 82.4 Å². The molecule has 0 spiro atoms. The summed E-state index contributed by atoms with van der Waals surface area (Å²) in [5, 5.41) is 12.9. The van der Waals surface area contributed by atoms with Gasteiger partial charge < -0.3 is 4.74 Å². The predicted octanol–water partition coefficient (Wildman–Crippen LogP) is 2.83. The summed E-state index contributed by atoms with van der Waals surface area (Å²) < 4.78 is 5.37. The number of benzene rings is 2. The Kier molecular flexibility index (Phi) is 5.49. The van der Waals surface area contributed by atoms with Crippen LogP contribution in [0.4, 0.5) is 16.2 Å². The van der Waals surface area contributed by atoms with Crippen LogP contribution in [0.15, 0.2) is 66.8 Å². The van der Waals surface area contributed by atoms with Crippen molar-refractivity contribution in [2.24, 2.45) is 0 Å². The number of ether oxygens (including phenoxy) is 1. The summed E-state index contributed by atoms with van der Waals surface area (Å²) in [5.74, 6) is -1.07. The lowest BCUT2D eigenvalue weighted by Gasteiger charge is -2.26. The van der Waals surface area contributed by atoms with Crippen LogP contribution in [-0.4, -0.2) is 29.4 Å². The van der Waals surface area contributed by atoms with Crippen LogP contribution in [0, 0.1) is 10.1 Å². The first-order chi connectivity index (χ1) is 13.9. The molecule has 0 saturated carbocycles. The summed E-state index contributed by atoms with van der Waals surface area (Å²) in [6.45, 7) is 3.90. The van der Waals surface area contributed by atoms with E-state index >= 15 is 0 Å². The molecule has 0 atom stereocenters. The second kappa shape index (κ2) is 8.17. The Labute approximate surface area is 165 Å². The normalized spacial score (nSPS) is 15.2. The lowest BCUT2D eigenvalue weighted by Crippen LogP contribution is -2.54. The van der Waals surface area contributed by atoms with E-state index in [0.717, 1.165) is 17.0 Å². The molecule has 29 heavy (non-hydrogen) atoms. The standard InChI is InChI=1S/C20H15N3O6/c1-2-11-29-16-9-3-13(4-10-16)12-17-18(24)21-20(26)22(19(17)25)14-5-7-15(8-6-14)23(27)28/h2-10,12H,1,11H2,(H,21,24,26)/b17-12+. The zero-order valence-corrected chi connectivity index (χ0v) is 15.0. The second-order valence-electron chi connectivity index (χ2n) is 5.90. The van der Waals surface area contributed by atoms with E-state index < -0.39 is 22.8 Å². The number of amides is 4. The van der Waals surface area contributed by atoms with Crippen molar-refractivity contribution in [1.82, 2.24) is 5.32 Å². The molecule has 3 rings (SSSR count). The van der Waals surface area contributed by atoms with Crippen molar-refractivity contribution in [3.8, 4) is 5.75 Å². The zero-order valence-electron chi connectivity index (χ0n) is 15.0. The van der Waals surface area contributed by atoms with E-state index in [9.17, 15) is 24.5 Å². The van der Waals surface area contributed by atoms with Crippen molar-refractivity contribution >= 4 is 35.3 Å². The highest BCUT2D eigenvalue weighted by atomic mass is 16.6. The van der Waals surface area contributed by atoms with Gasteiger partial charge in [0, 0.05) is 12.1 Å². The highest BCUT2D eigenvalue weighted by Crippen LogP contribution is 2.24. The maximum atomic E-state index is 12.8. The Balaban J connectivity index is 1.89. The number of nitro groups is 1. The van der Waals surface area contributed by atoms with Crippen LogP contribution in [0.2, 0.25) is 0 Å². The topological polar surface area (TPSA) is 119 Å². The summed E-state index contributed by atoms with van der Waals surface area (Å²) >= 11 is 0. The number of carbonyl (C=O) groups is 3. The molecule has 1 fully saturated rings. The number of hydrogen-bond acceptors (Lipinski definition) is 6. The zero-order chi connectivity index (χ0) is 21.0. The molecule has 1 heterocycles. The smallest absolute Gasteiger partial charge is 0.335 e. The van der Waals surface area contributed by atoms with Crippen LogP contribution in [0.5, 0.6) is 5.75 Å². The number of hydrogen-bond donors (Lipinski definition) is 1. The molecule has 9 heteroatoms. The van der Waals surface area contributed by atoms with Gasteiger partial charge in [0.05, 0.1) is 10.6 Å². The number of non-ortho nitro benzene ring substituents is 1. The molecule has 0 bridgehead atoms. The average Bonchev–Trinajstić information content (AvgIpc) is 2.70. The highest BCUT2D eigenvalue weighted by molar-refractivity contribution is 6.39. The molecule has 146 valence electrons. The summed E-state index contributed by atoms with van der Waals surface area (Å²) in [4.78, 5) is 48.1. The van der Waals surface area contributed by atoms with Crippen molar-refractivity contribution in [1.29, 1.82) is 0 Å². The minimum absolute atomic E-state index is 0.102. The fourth-order valence-corrected chi connectivity index (χ4v) is 2.60. The van der Waals surface area contributed by atoms with E-state index in [1.807, 2.05) is 0 Å². The maximum Gasteiger partial charge on any atom is 0.335 e. The minimum atomic E-state index is -0.931. The van der Waals surface area contributed by atoms with Crippen LogP contribution in [0.1, 0.15) is 5.56 Å². The number of nitrogens with zero attached hydrogens (tertiary/aromatic N) is 2. The van der Waals surface area contributed by atoms with Gasteiger partial charge in [-0.2, -0.15) is 0 Å². The van der Waals surface area contributed by atoms with E-state index in [1.54, 1.807) is 30.3 Å². The number of carbonyl (C=O) groups excluding carboxylic acids is 3. The van der Waals surface area contributed by atoms with Gasteiger partial charge in [0.25, 0.3) is 17.5 Å². The first-order valence-corrected chi connectivity index (χ1v) is 8.40. The molecule has 1 aliphatic rings. The minimum Gasteiger partial charge on any atom is -0.490 e. The number of barbiturate groups is 1. The maximum absolute atomic E-state index is 12.8. The third-order valence-corrected chi connectivity index (χ3v) is 3.98. The van der Waals surface area contributed by atoms with E-state index in [1.165, 1.54) is 18.2 Å². The van der Waals surface area contributed by atoms with Crippen LogP contribution < -0.4 is 15.0 Å². The summed E-state index contributed by atoms with van der Waals surface area (Å²) in [7, 11) is 0. The molecule has 1 saturated heterocycles. The molecule has 9 nitrogen and oxygen atoms in total. The van der Waals surface area contributed by atoms with Crippen LogP contribution >= 0.6 is 0 Å². The molecule has 1 N–H and O–H groups in total. The van der Waals surface area contributed by atoms with E-state index in [2.05, 4.69) is 11.9 Å². The van der Waals surface area contributed by atoms with E-state index in [4.69, 9.17) is 4.74 Å². The third-order valence-electron chi connectivity index (χ3n) is 3.98. The van der Waals surface area contributed by atoms with E-state index in [-0.39, 0.29) is 16.9 Å². The quantitative estimate of drug-likeness (QED) is 0.265. The summed E-state index contributed by atoms with van der Waals surface area (Å²) in [5.41, 5.74) is 0.212. The van der Waals surface area contributed by atoms with Crippen LogP contribution in [-0.2, 0) is 9.59 Å². The Morgan fingerprint density at radius 1 is 1.07 bits per heavy atom. The van der Waals surface area contributed by atoms with Gasteiger partial charge in [-0.1, -0.05) is 24.8 Å². The molecular formula is C20H15N3O6. The fourth-order valence-electron chi connectivity index (χ4n) is 2.60. The van der Waals surface area contributed by atoms with E-state index in [0.29, 0.717) is 17.9 Å². The lowest BCUT2D eigenvalue weighted by molar-refractivity contribution is -0.384. The Morgan fingerprint density at radius 2 is 1.72 bits per heavy atom. The Hall–Kier alpha value is -4.27. The lowest BCUT2D eigenvalue weighted by atomic mass is 10.1. The van der Waals surface area contributed by atoms with Gasteiger partial charge in [-0.15, -0.1) is 0 Å². The van der Waals surface area contributed by atoms with Gasteiger partial charge >= 0.3 is 6.03 Å². The van der Waals surface area contributed by atoms with Crippen molar-refractivity contribution in [3.63, 3.8) is 0 Å². The van der Waals surface area contributed by atoms with Crippen LogP contribution in [0.25, 0.3) is 6.08 Å². The van der Waals surface area contributed by atoms with Crippen molar-refractivity contribution in [2.75, 3.05) is 11.5 Å². The molecule has 1 aliphatic heterocycles. The summed E-state index contributed by atoms with van der Waals surface area (Å²) in [6, 6.07) is 10.6. The van der Waals surface area contributed by atoms with Gasteiger partial charge in [0.15, 0.2) is 0 Å². The number of nitrogens with one attached hydrogen (secondary N) is 1. The second-order valence-corrected chi connectivity index (χ2v) is 5.90. The molecule has 2 aromatic rings. The number of rotatable bonds is 6. The molecule has 0 unspecified atom stereocenters. The van der Waals surface area contributed by atoms with Gasteiger partial charge in [0.1, 0.15) is 17.9 Å². The SMILES string of the molecule is C=CCOc1ccc(/C=C2\C(=O)NC(=O)N(c3ccc([N+](=O)[O-])cc3)C2=O)cc1. The number of anilines is 1. The highest BCUT2D eigenvalue weighted by Gasteiger charge is 2.36. The number of nitro benzene ring substituents is 1. The number of imide groups is 2. The third kappa shape index (κ3) is 4.19. The molecule has 0 aromatic heterocycles. The average molecular weight is 393 g/mol. The van der Waals surface area contributed by atoms with Crippen molar-refractivity contribution < 1.29 is 24.0 Å². The summed E-state index contributed by atoms with van der Waals surface area (Å²) in [6.07, 6.45) is 2.95. The van der Waals surface area contributed by atoms with Crippen LogP contribution in [0.3, 0.4) is 0 Å². The molecular weight excluding hydrogens is 378 g/mol. The van der Waals surface area contributed by atoms with Gasteiger partial charge in [0.2, 0.25) is 0 Å². The van der Waals surface area contributed by atoms with Gasteiger partial charge in [-0.05, 0) is 35.9 Å². The predicted molar refractivity (Wildman–Crippen MR) is 104 cm³/mol. The first-order valence-electron chi connectivity index (χ1n) is 8.40. The Morgan fingerprint density at radius 3 is 2.31 bits per heavy atom. The molecule has 4 amide bonds. The fraction of sp³-hybridized carbons (Fsp3) is 0.0500. The monoisotopic (exact) mass is 393 g/mol. The number of urea groups is 1. The molecule has 0 radical (unpaired) electrons. The largest absolute Gasteiger partial charge is 0.490 e. The van der Waals surface area contributed by atoms with Gasteiger partial charge in [-0.25, -0.2) is 9.69 Å². The molecule has 0 aliphatic carbocycles.